The summed E-state index contributed by atoms with van der Waals surface area (Å²) < 4.78 is 22.1. The lowest BCUT2D eigenvalue weighted by molar-refractivity contribution is 0.593. The highest BCUT2D eigenvalue weighted by Gasteiger charge is 2.05. The third kappa shape index (κ3) is 8.59. The molecule has 0 atom stereocenters. The lowest BCUT2D eigenvalue weighted by Crippen LogP contribution is -2.25. The Balaban J connectivity index is 3.26. The van der Waals surface area contributed by atoms with Crippen molar-refractivity contribution in [2.75, 3.05) is 36.1 Å². The smallest absolute Gasteiger partial charge is 0.151 e. The predicted molar refractivity (Wildman–Crippen MR) is 60.2 cm³/mol. The van der Waals surface area contributed by atoms with Crippen molar-refractivity contribution in [3.05, 3.63) is 0 Å². The second kappa shape index (κ2) is 7.64. The summed E-state index contributed by atoms with van der Waals surface area (Å²) in [6.07, 6.45) is 0. The molecule has 0 saturated heterocycles. The molecule has 0 aliphatic carbocycles. The minimum absolute atomic E-state index is 0.248. The number of thioether (sulfide) groups is 1. The molecular formula is C8H19NO2S2. The monoisotopic (exact) mass is 225 g/mol. The van der Waals surface area contributed by atoms with Crippen LogP contribution in [0, 0.1) is 0 Å². The van der Waals surface area contributed by atoms with E-state index in [2.05, 4.69) is 12.2 Å². The fourth-order valence-corrected chi connectivity index (χ4v) is 2.11. The number of hydrogen-bond donors (Lipinski definition) is 1. The highest BCUT2D eigenvalue weighted by atomic mass is 32.2. The van der Waals surface area contributed by atoms with E-state index >= 15 is 0 Å². The van der Waals surface area contributed by atoms with Crippen LogP contribution in [0.2, 0.25) is 0 Å². The van der Waals surface area contributed by atoms with Crippen LogP contribution in [0.1, 0.15) is 13.8 Å². The van der Waals surface area contributed by atoms with Crippen LogP contribution in [-0.4, -0.2) is 44.5 Å². The van der Waals surface area contributed by atoms with Gasteiger partial charge in [-0.2, -0.15) is 11.8 Å². The van der Waals surface area contributed by atoms with E-state index in [0.29, 0.717) is 6.54 Å². The summed E-state index contributed by atoms with van der Waals surface area (Å²) in [6.45, 7) is 5.28. The van der Waals surface area contributed by atoms with Crippen molar-refractivity contribution in [2.45, 2.75) is 13.8 Å². The van der Waals surface area contributed by atoms with Crippen molar-refractivity contribution >= 4 is 21.6 Å². The molecule has 0 aromatic carbocycles. The first-order valence-corrected chi connectivity index (χ1v) is 7.59. The molecule has 5 heteroatoms. The zero-order valence-corrected chi connectivity index (χ0v) is 10.0. The average Bonchev–Trinajstić information content (AvgIpc) is 2.11. The first-order chi connectivity index (χ1) is 6.12. The molecule has 0 aromatic heterocycles. The summed E-state index contributed by atoms with van der Waals surface area (Å²) in [7, 11) is -2.78. The first kappa shape index (κ1) is 13.3. The molecule has 1 N–H and O–H groups in total. The zero-order chi connectivity index (χ0) is 10.2. The lowest BCUT2D eigenvalue weighted by atomic mass is 10.7. The summed E-state index contributed by atoms with van der Waals surface area (Å²) in [5.74, 6) is 2.69. The van der Waals surface area contributed by atoms with E-state index in [1.807, 2.05) is 11.8 Å². The van der Waals surface area contributed by atoms with Crippen molar-refractivity contribution in [2.24, 2.45) is 0 Å². The van der Waals surface area contributed by atoms with Gasteiger partial charge < -0.3 is 5.32 Å². The van der Waals surface area contributed by atoms with Crippen LogP contribution >= 0.6 is 11.8 Å². The standard InChI is InChI=1S/C8H19NO2S2/c1-3-12-7-5-9-6-8-13(10,11)4-2/h9H,3-8H2,1-2H3. The SMILES string of the molecule is CCSCCNCCS(=O)(=O)CC. The fourth-order valence-electron chi connectivity index (χ4n) is 0.786. The van der Waals surface area contributed by atoms with Crippen LogP contribution in [0.15, 0.2) is 0 Å². The maximum absolute atomic E-state index is 11.0. The molecule has 0 rings (SSSR count). The van der Waals surface area contributed by atoms with Gasteiger partial charge in [-0.25, -0.2) is 8.42 Å². The molecule has 0 spiro atoms. The first-order valence-electron chi connectivity index (χ1n) is 4.61. The van der Waals surface area contributed by atoms with E-state index in [0.717, 1.165) is 18.1 Å². The van der Waals surface area contributed by atoms with Gasteiger partial charge in [-0.05, 0) is 5.75 Å². The summed E-state index contributed by atoms with van der Waals surface area (Å²) in [5, 5.41) is 3.11. The van der Waals surface area contributed by atoms with Gasteiger partial charge in [0.05, 0.1) is 5.75 Å². The van der Waals surface area contributed by atoms with Crippen LogP contribution in [-0.2, 0) is 9.84 Å². The Morgan fingerprint density at radius 3 is 2.46 bits per heavy atom. The molecule has 13 heavy (non-hydrogen) atoms. The van der Waals surface area contributed by atoms with Crippen LogP contribution in [0.25, 0.3) is 0 Å². The highest BCUT2D eigenvalue weighted by Crippen LogP contribution is 1.95. The molecule has 0 unspecified atom stereocenters. The van der Waals surface area contributed by atoms with Gasteiger partial charge in [0, 0.05) is 24.6 Å². The molecule has 0 bridgehead atoms. The van der Waals surface area contributed by atoms with Gasteiger partial charge in [0.2, 0.25) is 0 Å². The third-order valence-corrected chi connectivity index (χ3v) is 4.26. The Labute approximate surface area is 85.6 Å². The van der Waals surface area contributed by atoms with E-state index in [1.165, 1.54) is 0 Å². The van der Waals surface area contributed by atoms with Gasteiger partial charge in [-0.1, -0.05) is 13.8 Å². The topological polar surface area (TPSA) is 46.2 Å². The van der Waals surface area contributed by atoms with Crippen molar-refractivity contribution < 1.29 is 8.42 Å². The molecule has 0 amide bonds. The fraction of sp³-hybridized carbons (Fsp3) is 1.00. The minimum atomic E-state index is -2.78. The predicted octanol–water partition coefficient (Wildman–Crippen LogP) is 0.764. The van der Waals surface area contributed by atoms with E-state index < -0.39 is 9.84 Å². The molecular weight excluding hydrogens is 206 g/mol. The van der Waals surface area contributed by atoms with E-state index in [-0.39, 0.29) is 11.5 Å². The van der Waals surface area contributed by atoms with Crippen LogP contribution in [0.5, 0.6) is 0 Å². The zero-order valence-electron chi connectivity index (χ0n) is 8.38. The Hall–Kier alpha value is 0.260. The molecule has 0 heterocycles. The third-order valence-electron chi connectivity index (χ3n) is 1.66. The summed E-state index contributed by atoms with van der Waals surface area (Å²) >= 11 is 1.86. The van der Waals surface area contributed by atoms with Crippen molar-refractivity contribution in [1.82, 2.24) is 5.32 Å². The summed E-state index contributed by atoms with van der Waals surface area (Å²) in [5.41, 5.74) is 0. The number of nitrogens with one attached hydrogen (secondary N) is 1. The normalized spacial score (nSPS) is 11.8. The maximum atomic E-state index is 11.0. The molecule has 0 radical (unpaired) electrons. The number of sulfone groups is 1. The Morgan fingerprint density at radius 2 is 1.92 bits per heavy atom. The largest absolute Gasteiger partial charge is 0.315 e. The number of rotatable bonds is 8. The van der Waals surface area contributed by atoms with Gasteiger partial charge in [-0.15, -0.1) is 0 Å². The molecule has 0 aliphatic rings. The maximum Gasteiger partial charge on any atom is 0.151 e. The van der Waals surface area contributed by atoms with Crippen LogP contribution in [0.4, 0.5) is 0 Å². The van der Waals surface area contributed by atoms with Crippen molar-refractivity contribution in [3.8, 4) is 0 Å². The van der Waals surface area contributed by atoms with Gasteiger partial charge in [0.25, 0.3) is 0 Å². The van der Waals surface area contributed by atoms with Crippen LogP contribution in [0.3, 0.4) is 0 Å². The summed E-state index contributed by atoms with van der Waals surface area (Å²) in [6, 6.07) is 0. The van der Waals surface area contributed by atoms with Gasteiger partial charge in [0.15, 0.2) is 9.84 Å². The summed E-state index contributed by atoms with van der Waals surface area (Å²) in [4.78, 5) is 0. The quantitative estimate of drug-likeness (QED) is 0.620. The van der Waals surface area contributed by atoms with Crippen LogP contribution < -0.4 is 5.32 Å². The number of hydrogen-bond acceptors (Lipinski definition) is 4. The molecule has 0 saturated carbocycles. The molecule has 0 aliphatic heterocycles. The highest BCUT2D eigenvalue weighted by molar-refractivity contribution is 7.99. The second-order valence-electron chi connectivity index (χ2n) is 2.68. The Kier molecular flexibility index (Phi) is 7.80. The van der Waals surface area contributed by atoms with E-state index in [4.69, 9.17) is 0 Å². The molecule has 0 fully saturated rings. The minimum Gasteiger partial charge on any atom is -0.315 e. The van der Waals surface area contributed by atoms with Crippen molar-refractivity contribution in [3.63, 3.8) is 0 Å². The van der Waals surface area contributed by atoms with Crippen molar-refractivity contribution in [1.29, 1.82) is 0 Å². The molecule has 80 valence electrons. The van der Waals surface area contributed by atoms with E-state index in [9.17, 15) is 8.42 Å². The van der Waals surface area contributed by atoms with Gasteiger partial charge in [0.1, 0.15) is 0 Å². The van der Waals surface area contributed by atoms with E-state index in [1.54, 1.807) is 6.92 Å². The molecule has 0 aromatic rings. The van der Waals surface area contributed by atoms with Gasteiger partial charge in [-0.3, -0.25) is 0 Å². The second-order valence-corrected chi connectivity index (χ2v) is 6.55. The molecule has 3 nitrogen and oxygen atoms in total. The Bertz CT molecular complexity index is 202. The average molecular weight is 225 g/mol. The van der Waals surface area contributed by atoms with Gasteiger partial charge >= 0.3 is 0 Å². The Morgan fingerprint density at radius 1 is 1.23 bits per heavy atom. The lowest BCUT2D eigenvalue weighted by Gasteiger charge is -2.03.